The van der Waals surface area contributed by atoms with Crippen molar-refractivity contribution in [3.05, 3.63) is 75.3 Å². The maximum absolute atomic E-state index is 11.6. The van der Waals surface area contributed by atoms with E-state index in [-0.39, 0.29) is 11.6 Å². The summed E-state index contributed by atoms with van der Waals surface area (Å²) in [7, 11) is 0. The van der Waals surface area contributed by atoms with Crippen molar-refractivity contribution in [3.8, 4) is 0 Å². The fraction of sp³-hybridized carbons (Fsp3) is 0.167. The van der Waals surface area contributed by atoms with Crippen molar-refractivity contribution in [2.75, 3.05) is 0 Å². The van der Waals surface area contributed by atoms with Gasteiger partial charge in [0.05, 0.1) is 10.6 Å². The van der Waals surface area contributed by atoms with E-state index >= 15 is 0 Å². The second-order valence-electron chi connectivity index (χ2n) is 5.50. The summed E-state index contributed by atoms with van der Waals surface area (Å²) in [6, 6.07) is 14.4. The highest BCUT2D eigenvalue weighted by atomic mass is 16.6. The van der Waals surface area contributed by atoms with Crippen LogP contribution in [0.2, 0.25) is 0 Å². The molecule has 0 aromatic heterocycles. The average Bonchev–Trinajstić information content (AvgIpc) is 2.55. The summed E-state index contributed by atoms with van der Waals surface area (Å²) in [5.74, 6) is -0.129. The maximum Gasteiger partial charge on any atom is 0.269 e. The van der Waals surface area contributed by atoms with E-state index in [0.29, 0.717) is 0 Å². The third-order valence-electron chi connectivity index (χ3n) is 3.96. The Morgan fingerprint density at radius 3 is 2.43 bits per heavy atom. The number of amides is 1. The summed E-state index contributed by atoms with van der Waals surface area (Å²) in [6.07, 6.45) is 1.66. The van der Waals surface area contributed by atoms with Crippen molar-refractivity contribution < 1.29 is 9.72 Å². The quantitative estimate of drug-likeness (QED) is 0.696. The lowest BCUT2D eigenvalue weighted by molar-refractivity contribution is -0.384. The molecule has 0 heterocycles. The fourth-order valence-electron chi connectivity index (χ4n) is 2.92. The minimum absolute atomic E-state index is 0.0617. The molecule has 5 heteroatoms. The van der Waals surface area contributed by atoms with Crippen molar-refractivity contribution in [2.24, 2.45) is 0 Å². The van der Waals surface area contributed by atoms with Gasteiger partial charge in [-0.2, -0.15) is 0 Å². The van der Waals surface area contributed by atoms with Gasteiger partial charge in [-0.05, 0) is 41.7 Å². The molecular formula is C18H16N2O3. The summed E-state index contributed by atoms with van der Waals surface area (Å²) in [5, 5.41) is 13.7. The van der Waals surface area contributed by atoms with Crippen LogP contribution in [-0.4, -0.2) is 10.8 Å². The number of fused-ring (bicyclic) bond motifs is 1. The van der Waals surface area contributed by atoms with Crippen molar-refractivity contribution in [1.82, 2.24) is 5.32 Å². The number of carbonyl (C=O) groups is 1. The molecule has 1 aliphatic carbocycles. The van der Waals surface area contributed by atoms with Gasteiger partial charge < -0.3 is 5.32 Å². The minimum atomic E-state index is -0.414. The number of nitrogens with one attached hydrogen (secondary N) is 1. The Morgan fingerprint density at radius 1 is 1.09 bits per heavy atom. The molecule has 5 nitrogen and oxygen atoms in total. The molecule has 0 radical (unpaired) electrons. The predicted molar refractivity (Wildman–Crippen MR) is 88.5 cm³/mol. The number of nitro groups is 1. The monoisotopic (exact) mass is 308 g/mol. The SMILES string of the molecule is CC(=O)NC1=C(c2ccc([N+](=O)[O-])cc2)CCc2ccccc21. The molecule has 23 heavy (non-hydrogen) atoms. The number of non-ortho nitro benzene ring substituents is 1. The van der Waals surface area contributed by atoms with Crippen LogP contribution in [0.15, 0.2) is 48.5 Å². The molecule has 116 valence electrons. The van der Waals surface area contributed by atoms with Crippen LogP contribution in [0.4, 0.5) is 5.69 Å². The third kappa shape index (κ3) is 2.99. The van der Waals surface area contributed by atoms with Crippen molar-refractivity contribution in [2.45, 2.75) is 19.8 Å². The second-order valence-corrected chi connectivity index (χ2v) is 5.50. The molecular weight excluding hydrogens is 292 g/mol. The van der Waals surface area contributed by atoms with Crippen LogP contribution in [0.3, 0.4) is 0 Å². The van der Waals surface area contributed by atoms with Gasteiger partial charge in [-0.15, -0.1) is 0 Å². The van der Waals surface area contributed by atoms with Gasteiger partial charge in [0, 0.05) is 24.6 Å². The number of hydrogen-bond donors (Lipinski definition) is 1. The maximum atomic E-state index is 11.6. The summed E-state index contributed by atoms with van der Waals surface area (Å²) in [5.41, 5.74) is 4.98. The molecule has 0 saturated carbocycles. The number of hydrogen-bond acceptors (Lipinski definition) is 3. The highest BCUT2D eigenvalue weighted by molar-refractivity contribution is 5.98. The molecule has 3 rings (SSSR count). The molecule has 1 amide bonds. The first-order valence-corrected chi connectivity index (χ1v) is 7.40. The van der Waals surface area contributed by atoms with E-state index in [0.717, 1.165) is 35.2 Å². The first-order valence-electron chi connectivity index (χ1n) is 7.40. The minimum Gasteiger partial charge on any atom is -0.326 e. The summed E-state index contributed by atoms with van der Waals surface area (Å²) in [6.45, 7) is 1.48. The number of allylic oxidation sites excluding steroid dienone is 1. The fourth-order valence-corrected chi connectivity index (χ4v) is 2.92. The van der Waals surface area contributed by atoms with Crippen LogP contribution in [-0.2, 0) is 11.2 Å². The molecule has 1 aliphatic rings. The average molecular weight is 308 g/mol. The van der Waals surface area contributed by atoms with Crippen LogP contribution in [0.1, 0.15) is 30.0 Å². The zero-order valence-electron chi connectivity index (χ0n) is 12.7. The number of carbonyl (C=O) groups excluding carboxylic acids is 1. The van der Waals surface area contributed by atoms with Crippen molar-refractivity contribution in [1.29, 1.82) is 0 Å². The molecule has 2 aromatic rings. The van der Waals surface area contributed by atoms with Gasteiger partial charge in [0.25, 0.3) is 5.69 Å². The van der Waals surface area contributed by atoms with Gasteiger partial charge >= 0.3 is 0 Å². The van der Waals surface area contributed by atoms with E-state index in [2.05, 4.69) is 11.4 Å². The number of nitro benzene ring substituents is 1. The lowest BCUT2D eigenvalue weighted by Gasteiger charge is -2.24. The topological polar surface area (TPSA) is 72.2 Å². The van der Waals surface area contributed by atoms with E-state index in [1.165, 1.54) is 24.6 Å². The number of rotatable bonds is 3. The molecule has 0 saturated heterocycles. The summed E-state index contributed by atoms with van der Waals surface area (Å²) >= 11 is 0. The summed E-state index contributed by atoms with van der Waals surface area (Å²) < 4.78 is 0. The Balaban J connectivity index is 2.11. The first kappa shape index (κ1) is 15.0. The van der Waals surface area contributed by atoms with Gasteiger partial charge in [0.15, 0.2) is 0 Å². The Kier molecular flexibility index (Phi) is 3.93. The zero-order valence-corrected chi connectivity index (χ0v) is 12.7. The number of nitrogens with zero attached hydrogens (tertiary/aromatic N) is 1. The first-order chi connectivity index (χ1) is 11.1. The largest absolute Gasteiger partial charge is 0.326 e. The molecule has 0 spiro atoms. The van der Waals surface area contributed by atoms with E-state index in [1.54, 1.807) is 12.1 Å². The Bertz CT molecular complexity index is 807. The van der Waals surface area contributed by atoms with Gasteiger partial charge in [-0.25, -0.2) is 0 Å². The van der Waals surface area contributed by atoms with E-state index < -0.39 is 4.92 Å². The van der Waals surface area contributed by atoms with E-state index in [4.69, 9.17) is 0 Å². The Labute approximate surface area is 133 Å². The molecule has 0 atom stereocenters. The Hall–Kier alpha value is -2.95. The number of benzene rings is 2. The molecule has 0 bridgehead atoms. The molecule has 0 aliphatic heterocycles. The highest BCUT2D eigenvalue weighted by Gasteiger charge is 2.21. The zero-order chi connectivity index (χ0) is 16.4. The van der Waals surface area contributed by atoms with Crippen molar-refractivity contribution >= 4 is 22.9 Å². The van der Waals surface area contributed by atoms with Crippen LogP contribution in [0.25, 0.3) is 11.3 Å². The highest BCUT2D eigenvalue weighted by Crippen LogP contribution is 2.35. The number of aryl methyl sites for hydroxylation is 1. The van der Waals surface area contributed by atoms with E-state index in [9.17, 15) is 14.9 Å². The lowest BCUT2D eigenvalue weighted by atomic mass is 9.86. The van der Waals surface area contributed by atoms with Crippen molar-refractivity contribution in [3.63, 3.8) is 0 Å². The lowest BCUT2D eigenvalue weighted by Crippen LogP contribution is -2.22. The normalized spacial score (nSPS) is 13.4. The van der Waals surface area contributed by atoms with Crippen LogP contribution in [0, 0.1) is 10.1 Å². The van der Waals surface area contributed by atoms with Gasteiger partial charge in [0.2, 0.25) is 5.91 Å². The second kappa shape index (κ2) is 6.04. The van der Waals surface area contributed by atoms with E-state index in [1.807, 2.05) is 18.2 Å². The van der Waals surface area contributed by atoms with Crippen LogP contribution < -0.4 is 5.32 Å². The van der Waals surface area contributed by atoms with Gasteiger partial charge in [-0.3, -0.25) is 14.9 Å². The van der Waals surface area contributed by atoms with Gasteiger partial charge in [-0.1, -0.05) is 24.3 Å². The predicted octanol–water partition coefficient (Wildman–Crippen LogP) is 3.55. The molecule has 0 fully saturated rings. The van der Waals surface area contributed by atoms with Crippen LogP contribution >= 0.6 is 0 Å². The smallest absolute Gasteiger partial charge is 0.269 e. The Morgan fingerprint density at radius 2 is 1.78 bits per heavy atom. The third-order valence-corrected chi connectivity index (χ3v) is 3.96. The molecule has 1 N–H and O–H groups in total. The molecule has 2 aromatic carbocycles. The standard InChI is InChI=1S/C18H16N2O3/c1-12(21)19-18-16-5-3-2-4-13(16)8-11-17(18)14-6-9-15(10-7-14)20(22)23/h2-7,9-10H,8,11H2,1H3,(H,19,21). The van der Waals surface area contributed by atoms with Gasteiger partial charge in [0.1, 0.15) is 0 Å². The summed E-state index contributed by atoms with van der Waals surface area (Å²) in [4.78, 5) is 22.0. The molecule has 0 unspecified atom stereocenters. The van der Waals surface area contributed by atoms with Crippen LogP contribution in [0.5, 0.6) is 0 Å².